The fourth-order valence-corrected chi connectivity index (χ4v) is 2.48. The summed E-state index contributed by atoms with van der Waals surface area (Å²) in [5.41, 5.74) is 1.80. The van der Waals surface area contributed by atoms with Gasteiger partial charge in [0.05, 0.1) is 12.2 Å². The van der Waals surface area contributed by atoms with Crippen molar-refractivity contribution in [1.82, 2.24) is 20.0 Å². The van der Waals surface area contributed by atoms with Crippen molar-refractivity contribution in [3.05, 3.63) is 36.3 Å². The van der Waals surface area contributed by atoms with Gasteiger partial charge in [0.2, 0.25) is 5.91 Å². The number of nitrogens with zero attached hydrogens (tertiary/aromatic N) is 2. The van der Waals surface area contributed by atoms with E-state index in [0.717, 1.165) is 30.9 Å². The van der Waals surface area contributed by atoms with Gasteiger partial charge < -0.3 is 15.0 Å². The van der Waals surface area contributed by atoms with Gasteiger partial charge in [-0.1, -0.05) is 6.07 Å². The first kappa shape index (κ1) is 17.8. The minimum absolute atomic E-state index is 0. The summed E-state index contributed by atoms with van der Waals surface area (Å²) in [5.74, 6) is 0.604. The molecule has 0 saturated carbocycles. The number of carbonyl (C=O) groups excluding carboxylic acids is 1. The third kappa shape index (κ3) is 4.59. The highest BCUT2D eigenvalue weighted by Gasteiger charge is 2.17. The topological polar surface area (TPSA) is 58.4 Å². The monoisotopic (exact) mass is 330 g/mol. The molecule has 1 atom stereocenters. The molecule has 21 heavy (non-hydrogen) atoms. The van der Waals surface area contributed by atoms with Gasteiger partial charge in [-0.15, -0.1) is 24.8 Å². The normalized spacial score (nSPS) is 17.0. The number of carbonyl (C=O) groups is 1. The molecule has 0 aliphatic carbocycles. The number of aromatic nitrogens is 2. The van der Waals surface area contributed by atoms with Gasteiger partial charge in [0.1, 0.15) is 5.65 Å². The number of fused-ring (bicyclic) bond motifs is 1. The van der Waals surface area contributed by atoms with Crippen molar-refractivity contribution >= 4 is 36.4 Å². The van der Waals surface area contributed by atoms with Crippen LogP contribution < -0.4 is 10.6 Å². The molecule has 1 unspecified atom stereocenters. The second-order valence-electron chi connectivity index (χ2n) is 5.04. The largest absolute Gasteiger partial charge is 0.350 e. The van der Waals surface area contributed by atoms with E-state index < -0.39 is 0 Å². The molecule has 7 heteroatoms. The molecular weight excluding hydrogens is 311 g/mol. The van der Waals surface area contributed by atoms with Crippen molar-refractivity contribution in [2.45, 2.75) is 19.4 Å². The first-order valence-corrected chi connectivity index (χ1v) is 6.71. The standard InChI is InChI=1S/C14H18N4O.2ClH/c19-14(7-11-4-5-15-8-11)16-9-12-10-18-6-2-1-3-13(18)17-12;;/h1-3,6,10-11,15H,4-5,7-9H2,(H,16,19);2*1H. The van der Waals surface area contributed by atoms with Gasteiger partial charge in [0.25, 0.3) is 0 Å². The second kappa shape index (κ2) is 8.22. The van der Waals surface area contributed by atoms with Crippen LogP contribution in [0.4, 0.5) is 0 Å². The van der Waals surface area contributed by atoms with E-state index in [0.29, 0.717) is 18.9 Å². The lowest BCUT2D eigenvalue weighted by molar-refractivity contribution is -0.122. The molecule has 2 aromatic rings. The third-order valence-electron chi connectivity index (χ3n) is 3.52. The number of nitrogens with one attached hydrogen (secondary N) is 2. The Labute approximate surface area is 136 Å². The minimum atomic E-state index is 0. The summed E-state index contributed by atoms with van der Waals surface area (Å²) < 4.78 is 1.96. The summed E-state index contributed by atoms with van der Waals surface area (Å²) >= 11 is 0. The molecule has 1 aliphatic rings. The van der Waals surface area contributed by atoms with Gasteiger partial charge in [-0.3, -0.25) is 4.79 Å². The van der Waals surface area contributed by atoms with Crippen LogP contribution in [0.15, 0.2) is 30.6 Å². The number of hydrogen-bond donors (Lipinski definition) is 2. The number of halogens is 2. The zero-order valence-electron chi connectivity index (χ0n) is 11.6. The number of amides is 1. The number of pyridine rings is 1. The van der Waals surface area contributed by atoms with Crippen molar-refractivity contribution in [2.24, 2.45) is 5.92 Å². The lowest BCUT2D eigenvalue weighted by Gasteiger charge is -2.07. The van der Waals surface area contributed by atoms with Gasteiger partial charge in [0, 0.05) is 18.8 Å². The summed E-state index contributed by atoms with van der Waals surface area (Å²) in [7, 11) is 0. The summed E-state index contributed by atoms with van der Waals surface area (Å²) in [5, 5.41) is 6.22. The highest BCUT2D eigenvalue weighted by atomic mass is 35.5. The molecular formula is C14H20Cl2N4O. The SMILES string of the molecule is Cl.Cl.O=C(CC1CCNC1)NCc1cn2ccccc2n1. The van der Waals surface area contributed by atoms with Crippen LogP contribution in [-0.4, -0.2) is 28.4 Å². The summed E-state index contributed by atoms with van der Waals surface area (Å²) in [6.45, 7) is 2.49. The zero-order valence-corrected chi connectivity index (χ0v) is 13.3. The van der Waals surface area contributed by atoms with Crippen molar-refractivity contribution < 1.29 is 4.79 Å². The van der Waals surface area contributed by atoms with Gasteiger partial charge in [-0.25, -0.2) is 4.98 Å². The molecule has 116 valence electrons. The zero-order chi connectivity index (χ0) is 13.1. The van der Waals surface area contributed by atoms with E-state index in [1.54, 1.807) is 0 Å². The predicted octanol–water partition coefficient (Wildman–Crippen LogP) is 1.79. The van der Waals surface area contributed by atoms with Gasteiger partial charge in [-0.05, 0) is 37.6 Å². The first-order valence-electron chi connectivity index (χ1n) is 6.71. The maximum atomic E-state index is 11.8. The number of imidazole rings is 1. The second-order valence-corrected chi connectivity index (χ2v) is 5.04. The van der Waals surface area contributed by atoms with E-state index in [1.165, 1.54) is 0 Å². The fraction of sp³-hybridized carbons (Fsp3) is 0.429. The Morgan fingerprint density at radius 2 is 2.29 bits per heavy atom. The van der Waals surface area contributed by atoms with Crippen LogP contribution >= 0.6 is 24.8 Å². The van der Waals surface area contributed by atoms with Crippen LogP contribution in [-0.2, 0) is 11.3 Å². The summed E-state index contributed by atoms with van der Waals surface area (Å²) in [6.07, 6.45) is 5.62. The van der Waals surface area contributed by atoms with Crippen LogP contribution in [0.25, 0.3) is 5.65 Å². The van der Waals surface area contributed by atoms with Crippen LogP contribution in [0, 0.1) is 5.92 Å². The fourth-order valence-electron chi connectivity index (χ4n) is 2.48. The molecule has 0 aromatic carbocycles. The quantitative estimate of drug-likeness (QED) is 0.898. The third-order valence-corrected chi connectivity index (χ3v) is 3.52. The number of rotatable bonds is 4. The van der Waals surface area contributed by atoms with E-state index >= 15 is 0 Å². The van der Waals surface area contributed by atoms with E-state index in [-0.39, 0.29) is 30.7 Å². The molecule has 2 aromatic heterocycles. The molecule has 0 bridgehead atoms. The van der Waals surface area contributed by atoms with Crippen molar-refractivity contribution in [3.63, 3.8) is 0 Å². The molecule has 0 radical (unpaired) electrons. The van der Waals surface area contributed by atoms with Gasteiger partial charge in [0.15, 0.2) is 0 Å². The maximum absolute atomic E-state index is 11.8. The molecule has 1 saturated heterocycles. The molecule has 3 rings (SSSR count). The first-order chi connectivity index (χ1) is 9.31. The van der Waals surface area contributed by atoms with E-state index in [1.807, 2.05) is 35.0 Å². The minimum Gasteiger partial charge on any atom is -0.350 e. The van der Waals surface area contributed by atoms with E-state index in [2.05, 4.69) is 15.6 Å². The molecule has 2 N–H and O–H groups in total. The van der Waals surface area contributed by atoms with Crippen LogP contribution in [0.5, 0.6) is 0 Å². The Hall–Kier alpha value is -1.30. The Balaban J connectivity index is 0.00000110. The number of hydrogen-bond acceptors (Lipinski definition) is 3. The lowest BCUT2D eigenvalue weighted by atomic mass is 10.0. The average molecular weight is 331 g/mol. The highest BCUT2D eigenvalue weighted by molar-refractivity contribution is 5.85. The van der Waals surface area contributed by atoms with Crippen molar-refractivity contribution in [1.29, 1.82) is 0 Å². The molecule has 3 heterocycles. The van der Waals surface area contributed by atoms with Crippen molar-refractivity contribution in [3.8, 4) is 0 Å². The van der Waals surface area contributed by atoms with Crippen LogP contribution in [0.2, 0.25) is 0 Å². The Kier molecular flexibility index (Phi) is 6.95. The van der Waals surface area contributed by atoms with E-state index in [4.69, 9.17) is 0 Å². The smallest absolute Gasteiger partial charge is 0.220 e. The molecule has 1 fully saturated rings. The molecule has 1 amide bonds. The lowest BCUT2D eigenvalue weighted by Crippen LogP contribution is -2.26. The summed E-state index contributed by atoms with van der Waals surface area (Å²) in [4.78, 5) is 16.3. The Morgan fingerprint density at radius 3 is 3.00 bits per heavy atom. The highest BCUT2D eigenvalue weighted by Crippen LogP contribution is 2.11. The predicted molar refractivity (Wildman–Crippen MR) is 87.1 cm³/mol. The van der Waals surface area contributed by atoms with Gasteiger partial charge in [-0.2, -0.15) is 0 Å². The van der Waals surface area contributed by atoms with Gasteiger partial charge >= 0.3 is 0 Å². The average Bonchev–Trinajstić information content (AvgIpc) is 3.04. The molecule has 0 spiro atoms. The van der Waals surface area contributed by atoms with Crippen LogP contribution in [0.1, 0.15) is 18.5 Å². The van der Waals surface area contributed by atoms with Crippen LogP contribution in [0.3, 0.4) is 0 Å². The summed E-state index contributed by atoms with van der Waals surface area (Å²) in [6, 6.07) is 5.87. The maximum Gasteiger partial charge on any atom is 0.220 e. The van der Waals surface area contributed by atoms with E-state index in [9.17, 15) is 4.79 Å². The Bertz CT molecular complexity index is 548. The Morgan fingerprint density at radius 1 is 1.43 bits per heavy atom. The van der Waals surface area contributed by atoms with Crippen molar-refractivity contribution in [2.75, 3.05) is 13.1 Å². The molecule has 1 aliphatic heterocycles. The molecule has 5 nitrogen and oxygen atoms in total.